The Morgan fingerprint density at radius 1 is 1.42 bits per heavy atom. The second-order valence-corrected chi connectivity index (χ2v) is 4.25. The molecule has 7 heteroatoms. The van der Waals surface area contributed by atoms with Gasteiger partial charge in [-0.05, 0) is 25.5 Å². The Bertz CT molecular complexity index is 437. The van der Waals surface area contributed by atoms with Gasteiger partial charge in [0.2, 0.25) is 0 Å². The van der Waals surface area contributed by atoms with Crippen LogP contribution >= 0.6 is 0 Å². The molecule has 0 fully saturated rings. The van der Waals surface area contributed by atoms with Gasteiger partial charge in [0.15, 0.2) is 0 Å². The summed E-state index contributed by atoms with van der Waals surface area (Å²) >= 11 is 0. The van der Waals surface area contributed by atoms with Gasteiger partial charge >= 0.3 is 0 Å². The highest BCUT2D eigenvalue weighted by Gasteiger charge is 2.15. The molecule has 19 heavy (non-hydrogen) atoms. The number of rotatable bonds is 7. The van der Waals surface area contributed by atoms with Gasteiger partial charge in [0, 0.05) is 18.3 Å². The van der Waals surface area contributed by atoms with Crippen LogP contribution in [-0.2, 0) is 0 Å². The third kappa shape index (κ3) is 4.72. The van der Waals surface area contributed by atoms with E-state index in [-0.39, 0.29) is 11.4 Å². The van der Waals surface area contributed by atoms with Crippen LogP contribution in [-0.4, -0.2) is 34.0 Å². The topological polar surface area (TPSA) is 108 Å². The summed E-state index contributed by atoms with van der Waals surface area (Å²) < 4.78 is 0. The van der Waals surface area contributed by atoms with E-state index in [1.807, 2.05) is 6.92 Å². The van der Waals surface area contributed by atoms with Gasteiger partial charge in [0.1, 0.15) is 11.9 Å². The van der Waals surface area contributed by atoms with Crippen molar-refractivity contribution in [3.63, 3.8) is 0 Å². The number of hydrogen-bond donors (Lipinski definition) is 4. The van der Waals surface area contributed by atoms with Crippen LogP contribution in [0.25, 0.3) is 0 Å². The van der Waals surface area contributed by atoms with Crippen LogP contribution < -0.4 is 10.6 Å². The summed E-state index contributed by atoms with van der Waals surface area (Å²) in [5.74, 6) is 0. The largest absolute Gasteiger partial charge is 0.391 e. The molecule has 0 aliphatic rings. The van der Waals surface area contributed by atoms with E-state index in [1.54, 1.807) is 6.07 Å². The summed E-state index contributed by atoms with van der Waals surface area (Å²) in [6, 6.07) is 4.54. The number of anilines is 2. The van der Waals surface area contributed by atoms with Crippen LogP contribution in [0.1, 0.15) is 20.3 Å². The van der Waals surface area contributed by atoms with Crippen molar-refractivity contribution in [3.05, 3.63) is 28.3 Å². The predicted octanol–water partition coefficient (Wildman–Crippen LogP) is 1.53. The normalized spacial score (nSPS) is 13.7. The van der Waals surface area contributed by atoms with Crippen LogP contribution in [0.3, 0.4) is 0 Å². The summed E-state index contributed by atoms with van der Waals surface area (Å²) in [4.78, 5) is 10.4. The minimum absolute atomic E-state index is 0.128. The average Bonchev–Trinajstić information content (AvgIpc) is 2.36. The molecule has 2 unspecified atom stereocenters. The van der Waals surface area contributed by atoms with E-state index in [0.29, 0.717) is 18.7 Å². The van der Waals surface area contributed by atoms with E-state index in [9.17, 15) is 20.3 Å². The minimum atomic E-state index is -0.876. The summed E-state index contributed by atoms with van der Waals surface area (Å²) in [6.45, 7) is 3.66. The Kier molecular flexibility index (Phi) is 5.53. The first-order valence-corrected chi connectivity index (χ1v) is 6.09. The monoisotopic (exact) mass is 269 g/mol. The van der Waals surface area contributed by atoms with Gasteiger partial charge in [0.25, 0.3) is 5.69 Å². The van der Waals surface area contributed by atoms with Crippen molar-refractivity contribution in [2.45, 2.75) is 32.6 Å². The van der Waals surface area contributed by atoms with Crippen molar-refractivity contribution in [3.8, 4) is 0 Å². The van der Waals surface area contributed by atoms with Gasteiger partial charge in [-0.1, -0.05) is 6.92 Å². The highest BCUT2D eigenvalue weighted by molar-refractivity contribution is 5.68. The fraction of sp³-hybridized carbons (Fsp3) is 0.500. The molecular weight excluding hydrogens is 250 g/mol. The molecule has 1 rings (SSSR count). The Labute approximate surface area is 111 Å². The van der Waals surface area contributed by atoms with Crippen molar-refractivity contribution in [1.82, 2.24) is 0 Å². The van der Waals surface area contributed by atoms with Gasteiger partial charge < -0.3 is 20.8 Å². The molecule has 0 spiro atoms. The fourth-order valence-electron chi connectivity index (χ4n) is 1.52. The lowest BCUT2D eigenvalue weighted by Gasteiger charge is -2.13. The number of aliphatic hydroxyl groups is 2. The summed E-state index contributed by atoms with van der Waals surface area (Å²) in [6.07, 6.45) is -0.759. The van der Waals surface area contributed by atoms with Crippen LogP contribution in [0.2, 0.25) is 0 Å². The number of hydrogen-bond acceptors (Lipinski definition) is 6. The second kappa shape index (κ2) is 6.91. The number of benzene rings is 1. The standard InChI is InChI=1S/C12H19N3O4/c1-3-10(17)7-13-9-4-5-11(14-8(2)16)12(6-9)15(18)19/h4-6,8,10,13-14,16-17H,3,7H2,1-2H3. The van der Waals surface area contributed by atoms with Crippen molar-refractivity contribution < 1.29 is 15.1 Å². The third-order valence-corrected chi connectivity index (χ3v) is 2.57. The van der Waals surface area contributed by atoms with E-state index >= 15 is 0 Å². The fourth-order valence-corrected chi connectivity index (χ4v) is 1.52. The number of aliphatic hydroxyl groups excluding tert-OH is 2. The van der Waals surface area contributed by atoms with Crippen molar-refractivity contribution >= 4 is 17.1 Å². The van der Waals surface area contributed by atoms with Crippen LogP contribution in [0, 0.1) is 10.1 Å². The number of nitro benzene ring substituents is 1. The van der Waals surface area contributed by atoms with Crippen molar-refractivity contribution in [1.29, 1.82) is 0 Å². The van der Waals surface area contributed by atoms with Crippen molar-refractivity contribution in [2.75, 3.05) is 17.2 Å². The van der Waals surface area contributed by atoms with E-state index in [0.717, 1.165) is 0 Å². The van der Waals surface area contributed by atoms with Gasteiger partial charge in [-0.2, -0.15) is 0 Å². The van der Waals surface area contributed by atoms with E-state index < -0.39 is 17.3 Å². The van der Waals surface area contributed by atoms with Crippen LogP contribution in [0.4, 0.5) is 17.1 Å². The summed E-state index contributed by atoms with van der Waals surface area (Å²) in [7, 11) is 0. The predicted molar refractivity (Wildman–Crippen MR) is 73.2 cm³/mol. The SMILES string of the molecule is CCC(O)CNc1ccc(NC(C)O)c([N+](=O)[O-])c1. The zero-order valence-corrected chi connectivity index (χ0v) is 11.0. The first kappa shape index (κ1) is 15.2. The molecule has 0 bridgehead atoms. The van der Waals surface area contributed by atoms with Crippen molar-refractivity contribution in [2.24, 2.45) is 0 Å². The first-order valence-electron chi connectivity index (χ1n) is 6.09. The quantitative estimate of drug-likeness (QED) is 0.339. The number of nitro groups is 1. The minimum Gasteiger partial charge on any atom is -0.391 e. The van der Waals surface area contributed by atoms with E-state index in [1.165, 1.54) is 19.1 Å². The Morgan fingerprint density at radius 2 is 2.11 bits per heavy atom. The molecule has 106 valence electrons. The smallest absolute Gasteiger partial charge is 0.294 e. The summed E-state index contributed by atoms with van der Waals surface area (Å²) in [5, 5.41) is 35.1. The molecule has 0 aliphatic heterocycles. The molecule has 7 nitrogen and oxygen atoms in total. The first-order chi connectivity index (χ1) is 8.93. The third-order valence-electron chi connectivity index (χ3n) is 2.57. The van der Waals surface area contributed by atoms with E-state index in [2.05, 4.69) is 10.6 Å². The maximum atomic E-state index is 11.0. The molecular formula is C12H19N3O4. The van der Waals surface area contributed by atoms with Crippen LogP contribution in [0.5, 0.6) is 0 Å². The maximum absolute atomic E-state index is 11.0. The molecule has 0 aliphatic carbocycles. The lowest BCUT2D eigenvalue weighted by Crippen LogP contribution is -2.18. The molecule has 1 aromatic rings. The average molecular weight is 269 g/mol. The van der Waals surface area contributed by atoms with Crippen LogP contribution in [0.15, 0.2) is 18.2 Å². The molecule has 0 saturated heterocycles. The number of nitrogens with zero attached hydrogens (tertiary/aromatic N) is 1. The number of nitrogens with one attached hydrogen (secondary N) is 2. The molecule has 0 amide bonds. The lowest BCUT2D eigenvalue weighted by atomic mass is 10.2. The maximum Gasteiger partial charge on any atom is 0.294 e. The highest BCUT2D eigenvalue weighted by Crippen LogP contribution is 2.28. The Morgan fingerprint density at radius 3 is 2.63 bits per heavy atom. The Balaban J connectivity index is 2.86. The lowest BCUT2D eigenvalue weighted by molar-refractivity contribution is -0.383. The zero-order valence-electron chi connectivity index (χ0n) is 11.0. The molecule has 2 atom stereocenters. The zero-order chi connectivity index (χ0) is 14.4. The Hall–Kier alpha value is -1.86. The molecule has 0 saturated carbocycles. The molecule has 0 radical (unpaired) electrons. The molecule has 0 heterocycles. The van der Waals surface area contributed by atoms with Gasteiger partial charge in [-0.25, -0.2) is 0 Å². The second-order valence-electron chi connectivity index (χ2n) is 4.25. The van der Waals surface area contributed by atoms with Gasteiger partial charge in [-0.3, -0.25) is 10.1 Å². The van der Waals surface area contributed by atoms with Gasteiger partial charge in [-0.15, -0.1) is 0 Å². The van der Waals surface area contributed by atoms with E-state index in [4.69, 9.17) is 0 Å². The molecule has 0 aromatic heterocycles. The van der Waals surface area contributed by atoms with Gasteiger partial charge in [0.05, 0.1) is 11.0 Å². The highest BCUT2D eigenvalue weighted by atomic mass is 16.6. The molecule has 1 aromatic carbocycles. The summed E-state index contributed by atoms with van der Waals surface area (Å²) in [5.41, 5.74) is 0.675. The molecule has 4 N–H and O–H groups in total.